The maximum absolute atomic E-state index is 12.5. The van der Waals surface area contributed by atoms with Crippen LogP contribution in [0, 0.1) is 0 Å². The van der Waals surface area contributed by atoms with Gasteiger partial charge in [0.1, 0.15) is 12.1 Å². The van der Waals surface area contributed by atoms with Crippen molar-refractivity contribution in [1.29, 1.82) is 0 Å². The van der Waals surface area contributed by atoms with E-state index in [0.29, 0.717) is 42.4 Å². The van der Waals surface area contributed by atoms with Gasteiger partial charge < -0.3 is 9.47 Å². The molecule has 0 aliphatic heterocycles. The van der Waals surface area contributed by atoms with Gasteiger partial charge in [-0.15, -0.1) is 0 Å². The molecular weight excluding hydrogens is 418 g/mol. The first-order chi connectivity index (χ1) is 15.0. The summed E-state index contributed by atoms with van der Waals surface area (Å²) in [4.78, 5) is 8.36. The Kier molecular flexibility index (Phi) is 6.10. The maximum atomic E-state index is 12.5. The summed E-state index contributed by atoms with van der Waals surface area (Å²) in [5, 5.41) is 4.04. The summed E-state index contributed by atoms with van der Waals surface area (Å²) in [5.74, 6) is 2.19. The maximum Gasteiger partial charge on any atom is 0.252 e. The third kappa shape index (κ3) is 4.98. The van der Waals surface area contributed by atoms with E-state index in [1.807, 2.05) is 18.3 Å². The summed E-state index contributed by atoms with van der Waals surface area (Å²) in [5.41, 5.74) is 0.954. The third-order valence-corrected chi connectivity index (χ3v) is 6.03. The lowest BCUT2D eigenvalue weighted by Gasteiger charge is -2.11. The van der Waals surface area contributed by atoms with Crippen LogP contribution in [0.15, 0.2) is 72.1 Å². The average molecular weight is 439 g/mol. The number of nitrogens with one attached hydrogen (secondary N) is 1. The van der Waals surface area contributed by atoms with E-state index in [0.717, 1.165) is 5.56 Å². The molecule has 0 saturated heterocycles. The molecule has 0 bridgehead atoms. The summed E-state index contributed by atoms with van der Waals surface area (Å²) in [6.07, 6.45) is 6.28. The van der Waals surface area contributed by atoms with Gasteiger partial charge in [-0.05, 0) is 54.8 Å². The van der Waals surface area contributed by atoms with Gasteiger partial charge in [0.15, 0.2) is 11.5 Å². The lowest BCUT2D eigenvalue weighted by atomic mass is 10.2. The molecule has 0 aliphatic rings. The van der Waals surface area contributed by atoms with Gasteiger partial charge >= 0.3 is 0 Å². The number of hydrogen-bond acceptors (Lipinski definition) is 7. The van der Waals surface area contributed by atoms with Crippen molar-refractivity contribution in [3.05, 3.63) is 72.8 Å². The number of fused-ring (bicyclic) bond motifs is 1. The average Bonchev–Trinajstić information content (AvgIpc) is 3.25. The highest BCUT2D eigenvalue weighted by molar-refractivity contribution is 7.89. The lowest BCUT2D eigenvalue weighted by Crippen LogP contribution is -2.25. The minimum Gasteiger partial charge on any atom is -0.493 e. The summed E-state index contributed by atoms with van der Waals surface area (Å²) in [6, 6.07) is 13.5. The normalized spacial score (nSPS) is 11.5. The monoisotopic (exact) mass is 439 g/mol. The highest BCUT2D eigenvalue weighted by atomic mass is 32.2. The van der Waals surface area contributed by atoms with E-state index in [-0.39, 0.29) is 4.90 Å². The van der Waals surface area contributed by atoms with E-state index in [1.54, 1.807) is 42.1 Å². The molecule has 0 amide bonds. The topological polar surface area (TPSA) is 108 Å². The first-order valence-corrected chi connectivity index (χ1v) is 11.1. The molecule has 160 valence electrons. The van der Waals surface area contributed by atoms with E-state index >= 15 is 0 Å². The molecule has 0 saturated carbocycles. The van der Waals surface area contributed by atoms with Crippen LogP contribution < -0.4 is 14.2 Å². The van der Waals surface area contributed by atoms with Crippen molar-refractivity contribution in [3.8, 4) is 17.2 Å². The van der Waals surface area contributed by atoms with Crippen molar-refractivity contribution in [1.82, 2.24) is 24.3 Å². The predicted molar refractivity (Wildman–Crippen MR) is 114 cm³/mol. The standard InChI is InChI=1S/C21H21N5O4S/c1-29-19-6-2-3-7-20(19)30-17-8-10-18(11-9-17)31(27,28)25-12-4-5-16-13-22-21-23-15-24-26(21)14-16/h2-3,6-11,13-15,25H,4-5,12H2,1H3. The molecule has 0 fully saturated rings. The van der Waals surface area contributed by atoms with Crippen molar-refractivity contribution in [2.75, 3.05) is 13.7 Å². The first-order valence-electron chi connectivity index (χ1n) is 9.60. The van der Waals surface area contributed by atoms with Crippen LogP contribution in [0.25, 0.3) is 5.78 Å². The van der Waals surface area contributed by atoms with Crippen LogP contribution >= 0.6 is 0 Å². The van der Waals surface area contributed by atoms with Crippen LogP contribution in [0.3, 0.4) is 0 Å². The molecule has 1 N–H and O–H groups in total. The highest BCUT2D eigenvalue weighted by Gasteiger charge is 2.14. The Labute approximate surface area is 179 Å². The Morgan fingerprint density at radius 2 is 1.81 bits per heavy atom. The number of rotatable bonds is 9. The number of sulfonamides is 1. The first kappa shape index (κ1) is 20.8. The van der Waals surface area contributed by atoms with Gasteiger partial charge in [-0.2, -0.15) is 10.1 Å². The van der Waals surface area contributed by atoms with Crippen molar-refractivity contribution >= 4 is 15.8 Å². The summed E-state index contributed by atoms with van der Waals surface area (Å²) >= 11 is 0. The minimum atomic E-state index is -3.62. The van der Waals surface area contributed by atoms with Crippen LogP contribution in [0.2, 0.25) is 0 Å². The Bertz CT molecular complexity index is 1270. The molecule has 9 nitrogen and oxygen atoms in total. The number of benzene rings is 2. The minimum absolute atomic E-state index is 0.172. The SMILES string of the molecule is COc1ccccc1Oc1ccc(S(=O)(=O)NCCCc2cnc3ncnn3c2)cc1. The summed E-state index contributed by atoms with van der Waals surface area (Å²) in [6.45, 7) is 0.303. The van der Waals surface area contributed by atoms with Crippen LogP contribution in [-0.2, 0) is 16.4 Å². The van der Waals surface area contributed by atoms with Crippen LogP contribution in [0.1, 0.15) is 12.0 Å². The second-order valence-electron chi connectivity index (χ2n) is 6.69. The van der Waals surface area contributed by atoms with Crippen molar-refractivity contribution in [3.63, 3.8) is 0 Å². The molecule has 4 rings (SSSR count). The van der Waals surface area contributed by atoms with Crippen molar-refractivity contribution in [2.45, 2.75) is 17.7 Å². The van der Waals surface area contributed by atoms with Gasteiger partial charge in [0.25, 0.3) is 5.78 Å². The van der Waals surface area contributed by atoms with Gasteiger partial charge in [-0.1, -0.05) is 12.1 Å². The molecule has 4 aromatic rings. The predicted octanol–water partition coefficient (Wildman–Crippen LogP) is 2.84. The molecule has 0 atom stereocenters. The fourth-order valence-electron chi connectivity index (χ4n) is 2.99. The molecule has 0 unspecified atom stereocenters. The number of aryl methyl sites for hydroxylation is 1. The molecule has 2 aromatic carbocycles. The third-order valence-electron chi connectivity index (χ3n) is 4.55. The zero-order valence-corrected chi connectivity index (χ0v) is 17.6. The molecular formula is C21H21N5O4S. The Morgan fingerprint density at radius 3 is 2.58 bits per heavy atom. The fraction of sp³-hybridized carbons (Fsp3) is 0.190. The number of nitrogens with zero attached hydrogens (tertiary/aromatic N) is 4. The van der Waals surface area contributed by atoms with E-state index < -0.39 is 10.0 Å². The fourth-order valence-corrected chi connectivity index (χ4v) is 4.06. The lowest BCUT2D eigenvalue weighted by molar-refractivity contribution is 0.379. The van der Waals surface area contributed by atoms with E-state index in [2.05, 4.69) is 19.8 Å². The molecule has 0 spiro atoms. The van der Waals surface area contributed by atoms with Gasteiger partial charge in [-0.25, -0.2) is 22.6 Å². The molecule has 2 heterocycles. The van der Waals surface area contributed by atoms with Gasteiger partial charge in [0.05, 0.1) is 12.0 Å². The number of methoxy groups -OCH3 is 1. The summed E-state index contributed by atoms with van der Waals surface area (Å²) < 4.78 is 40.3. The van der Waals surface area contributed by atoms with E-state index in [4.69, 9.17) is 9.47 Å². The Hall–Kier alpha value is -3.50. The second kappa shape index (κ2) is 9.11. The molecule has 0 radical (unpaired) electrons. The number of hydrogen-bond donors (Lipinski definition) is 1. The second-order valence-corrected chi connectivity index (χ2v) is 8.46. The van der Waals surface area contributed by atoms with Crippen molar-refractivity contribution in [2.24, 2.45) is 0 Å². The number of para-hydroxylation sites is 2. The quantitative estimate of drug-likeness (QED) is 0.400. The largest absolute Gasteiger partial charge is 0.493 e. The number of aromatic nitrogens is 4. The van der Waals surface area contributed by atoms with Crippen LogP contribution in [0.5, 0.6) is 17.2 Å². The number of ether oxygens (including phenoxy) is 2. The zero-order valence-electron chi connectivity index (χ0n) is 16.8. The zero-order chi connectivity index (χ0) is 21.7. The molecule has 10 heteroatoms. The Morgan fingerprint density at radius 1 is 1.03 bits per heavy atom. The summed E-state index contributed by atoms with van der Waals surface area (Å²) in [7, 11) is -2.05. The Balaban J connectivity index is 1.32. The van der Waals surface area contributed by atoms with Crippen LogP contribution in [-0.4, -0.2) is 41.7 Å². The molecule has 31 heavy (non-hydrogen) atoms. The van der Waals surface area contributed by atoms with E-state index in [1.165, 1.54) is 18.5 Å². The van der Waals surface area contributed by atoms with Gasteiger partial charge in [0, 0.05) is 18.9 Å². The smallest absolute Gasteiger partial charge is 0.252 e. The highest BCUT2D eigenvalue weighted by Crippen LogP contribution is 2.31. The molecule has 2 aromatic heterocycles. The molecule has 0 aliphatic carbocycles. The van der Waals surface area contributed by atoms with Gasteiger partial charge in [-0.3, -0.25) is 0 Å². The van der Waals surface area contributed by atoms with Crippen molar-refractivity contribution < 1.29 is 17.9 Å². The van der Waals surface area contributed by atoms with Crippen LogP contribution in [0.4, 0.5) is 0 Å². The van der Waals surface area contributed by atoms with Gasteiger partial charge in [0.2, 0.25) is 10.0 Å². The van der Waals surface area contributed by atoms with E-state index in [9.17, 15) is 8.42 Å².